The van der Waals surface area contributed by atoms with Gasteiger partial charge in [0.25, 0.3) is 5.78 Å². The van der Waals surface area contributed by atoms with E-state index in [1.54, 1.807) is 0 Å². The van der Waals surface area contributed by atoms with Crippen molar-refractivity contribution in [2.75, 3.05) is 7.11 Å². The zero-order chi connectivity index (χ0) is 10.0. The molecule has 1 rings (SSSR count). The van der Waals surface area contributed by atoms with Crippen LogP contribution in [0.25, 0.3) is 0 Å². The molecule has 13 heavy (non-hydrogen) atoms. The van der Waals surface area contributed by atoms with Gasteiger partial charge >= 0.3 is 5.97 Å². The third kappa shape index (κ3) is 2.30. The lowest BCUT2D eigenvalue weighted by atomic mass is 10.3. The highest BCUT2D eigenvalue weighted by Crippen LogP contribution is 2.32. The van der Waals surface area contributed by atoms with Crippen molar-refractivity contribution in [2.24, 2.45) is 0 Å². The van der Waals surface area contributed by atoms with Crippen LogP contribution in [0.1, 0.15) is 9.67 Å². The number of halogens is 2. The fraction of sp³-hybridized carbons (Fsp3) is 0.143. The molecule has 0 bridgehead atoms. The maximum Gasteiger partial charge on any atom is 0.380 e. The van der Waals surface area contributed by atoms with Crippen molar-refractivity contribution in [2.45, 2.75) is 0 Å². The molecule has 3 nitrogen and oxygen atoms in total. The highest BCUT2D eigenvalue weighted by molar-refractivity contribution is 9.11. The second-order valence-electron chi connectivity index (χ2n) is 2.05. The first-order chi connectivity index (χ1) is 6.06. The van der Waals surface area contributed by atoms with Gasteiger partial charge in [0.05, 0.1) is 20.8 Å². The second-order valence-corrected chi connectivity index (χ2v) is 4.83. The second kappa shape index (κ2) is 4.21. The van der Waals surface area contributed by atoms with E-state index in [9.17, 15) is 9.59 Å². The number of rotatable bonds is 2. The molecule has 1 heterocycles. The molecule has 0 saturated heterocycles. The summed E-state index contributed by atoms with van der Waals surface area (Å²) in [4.78, 5) is 22.3. The summed E-state index contributed by atoms with van der Waals surface area (Å²) in [6.45, 7) is 0. The van der Waals surface area contributed by atoms with Crippen LogP contribution in [0, 0.1) is 0 Å². The van der Waals surface area contributed by atoms with Crippen LogP contribution >= 0.6 is 38.9 Å². The van der Waals surface area contributed by atoms with Crippen LogP contribution in [-0.2, 0) is 9.53 Å². The zero-order valence-electron chi connectivity index (χ0n) is 6.47. The van der Waals surface area contributed by atoms with Gasteiger partial charge in [-0.15, -0.1) is 11.3 Å². The maximum atomic E-state index is 11.2. The predicted molar refractivity (Wildman–Crippen MR) is 53.4 cm³/mol. The summed E-state index contributed by atoms with van der Waals surface area (Å²) in [5.74, 6) is -1.56. The Kier molecular flexibility index (Phi) is 3.47. The average Bonchev–Trinajstić information content (AvgIpc) is 2.44. The Morgan fingerprint density at radius 3 is 2.62 bits per heavy atom. The first-order valence-electron chi connectivity index (χ1n) is 3.13. The number of carbonyl (C=O) groups is 2. The Morgan fingerprint density at radius 2 is 2.23 bits per heavy atom. The third-order valence-electron chi connectivity index (χ3n) is 1.24. The van der Waals surface area contributed by atoms with Crippen molar-refractivity contribution in [1.82, 2.24) is 0 Å². The highest BCUT2D eigenvalue weighted by Gasteiger charge is 2.20. The first-order valence-corrected chi connectivity index (χ1v) is 5.12. The number of carbonyl (C=O) groups excluding carboxylic acids is 2. The van der Waals surface area contributed by atoms with E-state index in [1.807, 2.05) is 0 Å². The van der Waals surface area contributed by atoms with Gasteiger partial charge in [-0.05, 0) is 22.0 Å². The van der Waals surface area contributed by atoms with E-state index in [2.05, 4.69) is 20.7 Å². The highest BCUT2D eigenvalue weighted by atomic mass is 79.9. The van der Waals surface area contributed by atoms with Crippen LogP contribution in [0.15, 0.2) is 9.85 Å². The largest absolute Gasteiger partial charge is 0.463 e. The molecule has 0 atom stereocenters. The summed E-state index contributed by atoms with van der Waals surface area (Å²) in [6.07, 6.45) is 0. The van der Waals surface area contributed by atoms with Gasteiger partial charge in [0, 0.05) is 0 Å². The molecule has 0 spiro atoms. The van der Waals surface area contributed by atoms with E-state index in [1.165, 1.54) is 6.07 Å². The smallest absolute Gasteiger partial charge is 0.380 e. The van der Waals surface area contributed by atoms with Gasteiger partial charge in [0.15, 0.2) is 0 Å². The summed E-state index contributed by atoms with van der Waals surface area (Å²) in [7, 11) is 1.16. The maximum absolute atomic E-state index is 11.2. The Bertz CT molecular complexity index is 341. The molecule has 6 heteroatoms. The van der Waals surface area contributed by atoms with Crippen molar-refractivity contribution in [3.05, 3.63) is 19.8 Å². The van der Waals surface area contributed by atoms with Crippen LogP contribution in [0.3, 0.4) is 0 Å². The lowest BCUT2D eigenvalue weighted by Crippen LogP contribution is -2.13. The van der Waals surface area contributed by atoms with E-state index >= 15 is 0 Å². The molecule has 0 fully saturated rings. The van der Waals surface area contributed by atoms with Gasteiger partial charge in [-0.3, -0.25) is 4.79 Å². The van der Waals surface area contributed by atoms with Crippen LogP contribution in [0.4, 0.5) is 0 Å². The van der Waals surface area contributed by atoms with Crippen LogP contribution < -0.4 is 0 Å². The molecule has 0 unspecified atom stereocenters. The van der Waals surface area contributed by atoms with Gasteiger partial charge in [-0.1, -0.05) is 11.6 Å². The lowest BCUT2D eigenvalue weighted by Gasteiger charge is -1.92. The van der Waals surface area contributed by atoms with Crippen LogP contribution in [0.5, 0.6) is 0 Å². The third-order valence-corrected chi connectivity index (χ3v) is 3.71. The molecule has 0 aromatic carbocycles. The molecule has 70 valence electrons. The zero-order valence-corrected chi connectivity index (χ0v) is 9.62. The fourth-order valence-electron chi connectivity index (χ4n) is 0.652. The summed E-state index contributed by atoms with van der Waals surface area (Å²) in [6, 6.07) is 1.43. The Labute approximate surface area is 91.8 Å². The van der Waals surface area contributed by atoms with Crippen molar-refractivity contribution in [1.29, 1.82) is 0 Å². The number of methoxy groups -OCH3 is 1. The molecule has 0 aliphatic rings. The minimum atomic E-state index is -0.884. The fourth-order valence-corrected chi connectivity index (χ4v) is 2.28. The van der Waals surface area contributed by atoms with Crippen LogP contribution in [0.2, 0.25) is 5.02 Å². The predicted octanol–water partition coefficient (Wildman–Crippen LogP) is 2.52. The summed E-state index contributed by atoms with van der Waals surface area (Å²) >= 11 is 9.92. The Balaban J connectivity index is 2.96. The van der Waals surface area contributed by atoms with Crippen LogP contribution in [-0.4, -0.2) is 18.9 Å². The number of Topliss-reactive ketones (excluding diaryl/α,β-unsaturated/α-hetero) is 1. The van der Waals surface area contributed by atoms with Crippen molar-refractivity contribution >= 4 is 50.6 Å². The number of esters is 1. The van der Waals surface area contributed by atoms with Gasteiger partial charge in [0.1, 0.15) is 0 Å². The van der Waals surface area contributed by atoms with Gasteiger partial charge < -0.3 is 4.74 Å². The van der Waals surface area contributed by atoms with Gasteiger partial charge in [-0.25, -0.2) is 4.79 Å². The number of hydrogen-bond donors (Lipinski definition) is 0. The first kappa shape index (κ1) is 10.7. The average molecular weight is 284 g/mol. The molecule has 0 N–H and O–H groups in total. The van der Waals surface area contributed by atoms with E-state index < -0.39 is 11.8 Å². The standard InChI is InChI=1S/C7H4BrClO3S/c1-12-7(11)5(10)4-2-3(9)6(8)13-4/h2H,1H3. The molecule has 0 aliphatic carbocycles. The minimum absolute atomic E-state index is 0.267. The van der Waals surface area contributed by atoms with E-state index in [0.717, 1.165) is 18.4 Å². The monoisotopic (exact) mass is 282 g/mol. The van der Waals surface area contributed by atoms with Gasteiger partial charge in [0.2, 0.25) is 0 Å². The molecule has 1 aromatic rings. The van der Waals surface area contributed by atoms with E-state index in [4.69, 9.17) is 11.6 Å². The summed E-state index contributed by atoms with van der Waals surface area (Å²) < 4.78 is 4.90. The molecule has 0 saturated carbocycles. The van der Waals surface area contributed by atoms with E-state index in [0.29, 0.717) is 8.81 Å². The number of thiophene rings is 1. The lowest BCUT2D eigenvalue weighted by molar-refractivity contribution is -0.135. The SMILES string of the molecule is COC(=O)C(=O)c1cc(Cl)c(Br)s1. The molecule has 1 aromatic heterocycles. The number of ketones is 1. The Morgan fingerprint density at radius 1 is 1.62 bits per heavy atom. The molecule has 0 radical (unpaired) electrons. The van der Waals surface area contributed by atoms with Crippen molar-refractivity contribution < 1.29 is 14.3 Å². The molecule has 0 aliphatic heterocycles. The minimum Gasteiger partial charge on any atom is -0.463 e. The molecular formula is C7H4BrClO3S. The normalized spacial score (nSPS) is 9.77. The molecule has 0 amide bonds. The van der Waals surface area contributed by atoms with Crippen molar-refractivity contribution in [3.63, 3.8) is 0 Å². The number of ether oxygens (including phenoxy) is 1. The summed E-state index contributed by atoms with van der Waals surface area (Å²) in [5.41, 5.74) is 0. The quantitative estimate of drug-likeness (QED) is 0.476. The van der Waals surface area contributed by atoms with Crippen molar-refractivity contribution in [3.8, 4) is 0 Å². The summed E-state index contributed by atoms with van der Waals surface area (Å²) in [5, 5.41) is 0.414. The van der Waals surface area contributed by atoms with E-state index in [-0.39, 0.29) is 4.88 Å². The Hall–Kier alpha value is -0.390. The van der Waals surface area contributed by atoms with Gasteiger partial charge in [-0.2, -0.15) is 0 Å². The topological polar surface area (TPSA) is 43.4 Å². The molecular weight excluding hydrogens is 279 g/mol. The number of hydrogen-bond acceptors (Lipinski definition) is 4.